The zero-order valence-corrected chi connectivity index (χ0v) is 17.3. The number of carbonyl (C=O) groups excluding carboxylic acids is 2. The van der Waals surface area contributed by atoms with Crippen LogP contribution in [0.1, 0.15) is 26.4 Å². The molecule has 2 N–H and O–H groups in total. The van der Waals surface area contributed by atoms with E-state index in [1.54, 1.807) is 48.2 Å². The molecule has 0 saturated heterocycles. The number of amides is 2. The summed E-state index contributed by atoms with van der Waals surface area (Å²) >= 11 is 0. The van der Waals surface area contributed by atoms with Crippen molar-refractivity contribution in [2.24, 2.45) is 0 Å². The molecule has 2 aromatic carbocycles. The number of nitrogens with zero attached hydrogens (tertiary/aromatic N) is 2. The van der Waals surface area contributed by atoms with Gasteiger partial charge in [0.25, 0.3) is 11.8 Å². The van der Waals surface area contributed by atoms with Crippen molar-refractivity contribution in [1.82, 2.24) is 20.4 Å². The summed E-state index contributed by atoms with van der Waals surface area (Å²) in [4.78, 5) is 25.0. The fourth-order valence-corrected chi connectivity index (χ4v) is 3.13. The van der Waals surface area contributed by atoms with Gasteiger partial charge in [0.1, 0.15) is 17.2 Å². The van der Waals surface area contributed by atoms with Crippen LogP contribution in [-0.2, 0) is 0 Å². The maximum absolute atomic E-state index is 13.7. The number of furan rings is 1. The van der Waals surface area contributed by atoms with Crippen LogP contribution in [0.5, 0.6) is 0 Å². The van der Waals surface area contributed by atoms with Crippen LogP contribution >= 0.6 is 0 Å². The Bertz CT molecular complexity index is 1230. The van der Waals surface area contributed by atoms with Crippen LogP contribution < -0.4 is 10.6 Å². The third kappa shape index (κ3) is 4.59. The second-order valence-corrected chi connectivity index (χ2v) is 7.12. The van der Waals surface area contributed by atoms with Crippen LogP contribution in [0.4, 0.5) is 4.39 Å². The lowest BCUT2D eigenvalue weighted by atomic mass is 10.1. The fourth-order valence-electron chi connectivity index (χ4n) is 3.13. The van der Waals surface area contributed by atoms with Gasteiger partial charge in [-0.2, -0.15) is 5.10 Å². The van der Waals surface area contributed by atoms with Crippen molar-refractivity contribution in [2.75, 3.05) is 13.1 Å². The Morgan fingerprint density at radius 2 is 1.72 bits per heavy atom. The van der Waals surface area contributed by atoms with E-state index in [9.17, 15) is 14.0 Å². The van der Waals surface area contributed by atoms with E-state index < -0.39 is 11.7 Å². The van der Waals surface area contributed by atoms with Crippen molar-refractivity contribution in [3.8, 4) is 17.1 Å². The van der Waals surface area contributed by atoms with Crippen LogP contribution in [0.3, 0.4) is 0 Å². The highest BCUT2D eigenvalue weighted by atomic mass is 19.1. The van der Waals surface area contributed by atoms with Gasteiger partial charge in [-0.3, -0.25) is 9.59 Å². The number of rotatable bonds is 7. The molecule has 2 heterocycles. The SMILES string of the molecule is Cc1ccc(C(=O)NCCNC(=O)c2cc(-c3ccco3)nn2-c2ccccc2)cc1F. The summed E-state index contributed by atoms with van der Waals surface area (Å²) in [5.74, 6) is -0.652. The van der Waals surface area contributed by atoms with Gasteiger partial charge >= 0.3 is 0 Å². The lowest BCUT2D eigenvalue weighted by Crippen LogP contribution is -2.35. The van der Waals surface area contributed by atoms with E-state index in [1.165, 1.54) is 6.07 Å². The van der Waals surface area contributed by atoms with Crippen molar-refractivity contribution in [3.05, 3.63) is 95.6 Å². The van der Waals surface area contributed by atoms with E-state index in [1.807, 2.05) is 30.3 Å². The third-order valence-electron chi connectivity index (χ3n) is 4.85. The van der Waals surface area contributed by atoms with E-state index in [0.29, 0.717) is 22.7 Å². The van der Waals surface area contributed by atoms with Gasteiger partial charge in [0.2, 0.25) is 0 Å². The van der Waals surface area contributed by atoms with Crippen LogP contribution in [0, 0.1) is 12.7 Å². The predicted molar refractivity (Wildman–Crippen MR) is 117 cm³/mol. The zero-order valence-electron chi connectivity index (χ0n) is 17.3. The second-order valence-electron chi connectivity index (χ2n) is 7.12. The number of hydrogen-bond acceptors (Lipinski definition) is 4. The Morgan fingerprint density at radius 1 is 0.969 bits per heavy atom. The van der Waals surface area contributed by atoms with Crippen molar-refractivity contribution >= 4 is 11.8 Å². The standard InChI is InChI=1S/C24H21FN4O3/c1-16-9-10-17(14-19(16)25)23(30)26-11-12-27-24(31)21-15-20(22-8-5-13-32-22)28-29(21)18-6-3-2-4-7-18/h2-10,13-15H,11-12H2,1H3,(H,26,30)(H,27,31). The molecule has 0 bridgehead atoms. The molecule has 0 spiro atoms. The Kier molecular flexibility index (Phi) is 6.12. The van der Waals surface area contributed by atoms with Gasteiger partial charge in [-0.25, -0.2) is 9.07 Å². The van der Waals surface area contributed by atoms with Crippen molar-refractivity contribution in [3.63, 3.8) is 0 Å². The first-order valence-corrected chi connectivity index (χ1v) is 10.0. The van der Waals surface area contributed by atoms with Gasteiger partial charge in [-0.1, -0.05) is 24.3 Å². The minimum Gasteiger partial charge on any atom is -0.463 e. The molecule has 7 nitrogen and oxygen atoms in total. The summed E-state index contributed by atoms with van der Waals surface area (Å²) in [6, 6.07) is 18.7. The Morgan fingerprint density at radius 3 is 2.41 bits per heavy atom. The second kappa shape index (κ2) is 9.30. The molecule has 4 rings (SSSR count). The highest BCUT2D eigenvalue weighted by Crippen LogP contribution is 2.22. The maximum Gasteiger partial charge on any atom is 0.270 e. The summed E-state index contributed by atoms with van der Waals surface area (Å²) < 4.78 is 20.6. The third-order valence-corrected chi connectivity index (χ3v) is 4.85. The van der Waals surface area contributed by atoms with Crippen LogP contribution in [0.2, 0.25) is 0 Å². The van der Waals surface area contributed by atoms with Crippen molar-refractivity contribution < 1.29 is 18.4 Å². The number of halogens is 1. The van der Waals surface area contributed by atoms with Gasteiger partial charge in [0.05, 0.1) is 12.0 Å². The molecular formula is C24H21FN4O3. The molecule has 0 aliphatic carbocycles. The molecule has 8 heteroatoms. The predicted octanol–water partition coefficient (Wildman–Crippen LogP) is 3.74. The van der Waals surface area contributed by atoms with Gasteiger partial charge in [0.15, 0.2) is 5.76 Å². The van der Waals surface area contributed by atoms with Crippen LogP contribution in [0.15, 0.2) is 77.4 Å². The molecule has 0 unspecified atom stereocenters. The van der Waals surface area contributed by atoms with Crippen molar-refractivity contribution in [2.45, 2.75) is 6.92 Å². The van der Waals surface area contributed by atoms with Crippen LogP contribution in [0.25, 0.3) is 17.1 Å². The number of aryl methyl sites for hydroxylation is 1. The monoisotopic (exact) mass is 432 g/mol. The first-order chi connectivity index (χ1) is 15.5. The summed E-state index contributed by atoms with van der Waals surface area (Å²) in [6.45, 7) is 2.00. The molecule has 0 radical (unpaired) electrons. The minimum absolute atomic E-state index is 0.185. The number of para-hydroxylation sites is 1. The molecule has 0 saturated carbocycles. The quantitative estimate of drug-likeness (QED) is 0.436. The Balaban J connectivity index is 1.42. The highest BCUT2D eigenvalue weighted by molar-refractivity contribution is 5.95. The molecule has 0 atom stereocenters. The summed E-state index contributed by atoms with van der Waals surface area (Å²) in [7, 11) is 0. The molecule has 0 fully saturated rings. The topological polar surface area (TPSA) is 89.2 Å². The molecule has 4 aromatic rings. The maximum atomic E-state index is 13.7. The summed E-state index contributed by atoms with van der Waals surface area (Å²) in [5.41, 5.74) is 2.28. The minimum atomic E-state index is -0.438. The molecule has 162 valence electrons. The molecular weight excluding hydrogens is 411 g/mol. The van der Waals surface area contributed by atoms with E-state index in [-0.39, 0.29) is 24.6 Å². The fraction of sp³-hybridized carbons (Fsp3) is 0.125. The number of hydrogen-bond donors (Lipinski definition) is 2. The molecule has 2 aromatic heterocycles. The summed E-state index contributed by atoms with van der Waals surface area (Å²) in [5, 5.41) is 9.96. The largest absolute Gasteiger partial charge is 0.463 e. The van der Waals surface area contributed by atoms with Crippen LogP contribution in [-0.4, -0.2) is 34.7 Å². The molecule has 32 heavy (non-hydrogen) atoms. The Labute approximate surface area is 183 Å². The lowest BCUT2D eigenvalue weighted by molar-refractivity contribution is 0.0923. The molecule has 2 amide bonds. The van der Waals surface area contributed by atoms with Crippen molar-refractivity contribution in [1.29, 1.82) is 0 Å². The van der Waals surface area contributed by atoms with E-state index in [4.69, 9.17) is 4.42 Å². The number of aromatic nitrogens is 2. The Hall–Kier alpha value is -4.20. The molecule has 0 aliphatic heterocycles. The van der Waals surface area contributed by atoms with Gasteiger partial charge < -0.3 is 15.1 Å². The van der Waals surface area contributed by atoms with Gasteiger partial charge in [0, 0.05) is 24.7 Å². The van der Waals surface area contributed by atoms with E-state index in [0.717, 1.165) is 5.69 Å². The number of nitrogens with one attached hydrogen (secondary N) is 2. The number of benzene rings is 2. The number of carbonyl (C=O) groups is 2. The first-order valence-electron chi connectivity index (χ1n) is 10.0. The average molecular weight is 432 g/mol. The smallest absolute Gasteiger partial charge is 0.270 e. The lowest BCUT2D eigenvalue weighted by Gasteiger charge is -2.09. The van der Waals surface area contributed by atoms with E-state index in [2.05, 4.69) is 15.7 Å². The van der Waals surface area contributed by atoms with Gasteiger partial charge in [-0.15, -0.1) is 0 Å². The summed E-state index contributed by atoms with van der Waals surface area (Å²) in [6.07, 6.45) is 1.54. The highest BCUT2D eigenvalue weighted by Gasteiger charge is 2.18. The van der Waals surface area contributed by atoms with E-state index >= 15 is 0 Å². The molecule has 0 aliphatic rings. The zero-order chi connectivity index (χ0) is 22.5. The van der Waals surface area contributed by atoms with Gasteiger partial charge in [-0.05, 0) is 48.9 Å². The average Bonchev–Trinajstić information content (AvgIpc) is 3.49. The first kappa shape index (κ1) is 21.0. The normalized spacial score (nSPS) is 10.7.